The Bertz CT molecular complexity index is 965. The lowest BCUT2D eigenvalue weighted by Crippen LogP contribution is -2.38. The van der Waals surface area contributed by atoms with E-state index in [-0.39, 0.29) is 18.3 Å². The van der Waals surface area contributed by atoms with Crippen molar-refractivity contribution in [2.24, 2.45) is 15.9 Å². The number of amidine groups is 1. The van der Waals surface area contributed by atoms with E-state index in [2.05, 4.69) is 15.0 Å². The summed E-state index contributed by atoms with van der Waals surface area (Å²) in [5, 5.41) is 9.54. The van der Waals surface area contributed by atoms with Gasteiger partial charge in [-0.25, -0.2) is 0 Å². The quantitative estimate of drug-likeness (QED) is 0.910. The largest absolute Gasteiger partial charge is 0.496 e. The number of pyridine rings is 1. The third-order valence-corrected chi connectivity index (χ3v) is 4.57. The summed E-state index contributed by atoms with van der Waals surface area (Å²) in [6.45, 7) is 1.66. The van der Waals surface area contributed by atoms with Crippen LogP contribution < -0.4 is 9.47 Å². The fraction of sp³-hybridized carbons (Fsp3) is 0.263. The summed E-state index contributed by atoms with van der Waals surface area (Å²) in [5.74, 6) is 0.802. The second-order valence-electron chi connectivity index (χ2n) is 6.12. The third-order valence-electron chi connectivity index (χ3n) is 4.57. The number of fused-ring (bicyclic) bond motifs is 2. The van der Waals surface area contributed by atoms with E-state index in [0.29, 0.717) is 40.6 Å². The van der Waals surface area contributed by atoms with Crippen LogP contribution in [0.5, 0.6) is 11.5 Å². The maximum Gasteiger partial charge on any atom is 0.260 e. The molecule has 0 saturated carbocycles. The molecule has 3 heterocycles. The highest BCUT2D eigenvalue weighted by Crippen LogP contribution is 2.35. The first-order valence-electron chi connectivity index (χ1n) is 8.23. The Hall–Kier alpha value is -3.06. The van der Waals surface area contributed by atoms with Gasteiger partial charge in [0, 0.05) is 17.3 Å². The number of benzene rings is 1. The molecule has 1 aromatic heterocycles. The molecule has 1 N–H and O–H groups in total. The molecular weight excluding hydrogens is 334 g/mol. The molecule has 7 nitrogen and oxygen atoms in total. The number of ether oxygens (including phenoxy) is 2. The number of aliphatic hydroxyl groups is 1. The Balaban J connectivity index is 1.79. The molecule has 1 amide bonds. The van der Waals surface area contributed by atoms with Crippen LogP contribution in [0, 0.1) is 12.8 Å². The van der Waals surface area contributed by atoms with Crippen LogP contribution in [0.2, 0.25) is 0 Å². The lowest BCUT2D eigenvalue weighted by atomic mass is 9.91. The minimum Gasteiger partial charge on any atom is -0.496 e. The van der Waals surface area contributed by atoms with Crippen molar-refractivity contribution in [3.05, 3.63) is 52.8 Å². The average Bonchev–Trinajstić information content (AvgIpc) is 2.67. The van der Waals surface area contributed by atoms with E-state index in [1.54, 1.807) is 25.4 Å². The number of aliphatic hydroxyl groups excluding tert-OH is 1. The van der Waals surface area contributed by atoms with E-state index in [1.807, 2.05) is 19.1 Å². The van der Waals surface area contributed by atoms with Gasteiger partial charge in [0.1, 0.15) is 11.7 Å². The van der Waals surface area contributed by atoms with E-state index < -0.39 is 5.92 Å². The molecule has 2 aliphatic heterocycles. The van der Waals surface area contributed by atoms with Gasteiger partial charge in [0.05, 0.1) is 25.0 Å². The Morgan fingerprint density at radius 1 is 1.31 bits per heavy atom. The molecule has 0 radical (unpaired) electrons. The molecule has 2 aromatic rings. The number of carbonyl (C=O) groups is 1. The number of para-hydroxylation sites is 1. The van der Waals surface area contributed by atoms with E-state index in [1.165, 1.54) is 0 Å². The Kier molecular flexibility index (Phi) is 4.00. The number of carbonyl (C=O) groups excluding carboxylic acids is 1. The normalized spacial score (nSPS) is 18.3. The van der Waals surface area contributed by atoms with Crippen LogP contribution in [0.1, 0.15) is 22.4 Å². The van der Waals surface area contributed by atoms with Crippen molar-refractivity contribution < 1.29 is 19.4 Å². The Labute approximate surface area is 150 Å². The van der Waals surface area contributed by atoms with Gasteiger partial charge in [-0.15, -0.1) is 0 Å². The number of methoxy groups -OCH3 is 1. The number of aryl methyl sites for hydroxylation is 1. The van der Waals surface area contributed by atoms with Crippen molar-refractivity contribution in [1.29, 1.82) is 0 Å². The van der Waals surface area contributed by atoms with Crippen LogP contribution in [-0.4, -0.2) is 34.8 Å². The average molecular weight is 351 g/mol. The predicted octanol–water partition coefficient (Wildman–Crippen LogP) is 1.83. The summed E-state index contributed by atoms with van der Waals surface area (Å²) in [6, 6.07) is 7.24. The number of aliphatic imine (C=N–C) groups is 2. The van der Waals surface area contributed by atoms with Crippen LogP contribution in [0.4, 0.5) is 0 Å². The molecule has 1 atom stereocenters. The first-order chi connectivity index (χ1) is 12.6. The fourth-order valence-electron chi connectivity index (χ4n) is 3.19. The van der Waals surface area contributed by atoms with Gasteiger partial charge in [-0.3, -0.25) is 9.78 Å². The predicted molar refractivity (Wildman–Crippen MR) is 94.7 cm³/mol. The zero-order valence-electron chi connectivity index (χ0n) is 14.4. The SMILES string of the molecule is COc1ccccc1C1=NC(=O)C2Cc3c(CO)cnc(C)c3OC2=N1. The van der Waals surface area contributed by atoms with Crippen LogP contribution in [0.15, 0.2) is 40.4 Å². The van der Waals surface area contributed by atoms with Crippen LogP contribution in [0.25, 0.3) is 0 Å². The van der Waals surface area contributed by atoms with Gasteiger partial charge in [-0.2, -0.15) is 9.98 Å². The molecule has 7 heteroatoms. The van der Waals surface area contributed by atoms with Crippen LogP contribution in [-0.2, 0) is 17.8 Å². The van der Waals surface area contributed by atoms with E-state index in [0.717, 1.165) is 5.56 Å². The highest BCUT2D eigenvalue weighted by atomic mass is 16.5. The van der Waals surface area contributed by atoms with Gasteiger partial charge >= 0.3 is 0 Å². The van der Waals surface area contributed by atoms with Gasteiger partial charge < -0.3 is 14.6 Å². The first-order valence-corrected chi connectivity index (χ1v) is 8.23. The standard InChI is InChI=1S/C19H17N3O4/c1-10-16-13(11(9-23)8-20-10)7-14-18(24)21-17(22-19(14)26-16)12-5-3-4-6-15(12)25-2/h3-6,8,14,23H,7,9H2,1-2H3. The maximum atomic E-state index is 12.6. The monoisotopic (exact) mass is 351 g/mol. The molecule has 0 fully saturated rings. The fourth-order valence-corrected chi connectivity index (χ4v) is 3.19. The smallest absolute Gasteiger partial charge is 0.260 e. The minimum absolute atomic E-state index is 0.165. The van der Waals surface area contributed by atoms with Crippen LogP contribution >= 0.6 is 0 Å². The second-order valence-corrected chi connectivity index (χ2v) is 6.12. The zero-order chi connectivity index (χ0) is 18.3. The van der Waals surface area contributed by atoms with Crippen molar-refractivity contribution in [1.82, 2.24) is 4.98 Å². The summed E-state index contributed by atoms with van der Waals surface area (Å²) in [7, 11) is 1.55. The Morgan fingerprint density at radius 2 is 2.12 bits per heavy atom. The maximum absolute atomic E-state index is 12.6. The molecule has 0 bridgehead atoms. The lowest BCUT2D eigenvalue weighted by Gasteiger charge is -2.28. The van der Waals surface area contributed by atoms with Crippen molar-refractivity contribution in [2.45, 2.75) is 20.0 Å². The number of amides is 1. The van der Waals surface area contributed by atoms with E-state index in [4.69, 9.17) is 9.47 Å². The number of rotatable bonds is 3. The molecular formula is C19H17N3O4. The van der Waals surface area contributed by atoms with Gasteiger partial charge in [0.2, 0.25) is 5.90 Å². The van der Waals surface area contributed by atoms with E-state index in [9.17, 15) is 9.90 Å². The number of hydrogen-bond donors (Lipinski definition) is 1. The Morgan fingerprint density at radius 3 is 2.88 bits per heavy atom. The minimum atomic E-state index is -0.590. The molecule has 26 heavy (non-hydrogen) atoms. The molecule has 0 aliphatic carbocycles. The highest BCUT2D eigenvalue weighted by molar-refractivity contribution is 6.20. The van der Waals surface area contributed by atoms with Gasteiger partial charge in [-0.1, -0.05) is 12.1 Å². The van der Waals surface area contributed by atoms with Crippen molar-refractivity contribution >= 4 is 17.6 Å². The van der Waals surface area contributed by atoms with Crippen LogP contribution in [0.3, 0.4) is 0 Å². The summed E-state index contributed by atoms with van der Waals surface area (Å²) in [4.78, 5) is 25.5. The van der Waals surface area contributed by atoms with Gasteiger partial charge in [-0.05, 0) is 25.5 Å². The van der Waals surface area contributed by atoms with E-state index >= 15 is 0 Å². The van der Waals surface area contributed by atoms with Gasteiger partial charge in [0.25, 0.3) is 5.91 Å². The molecule has 1 unspecified atom stereocenters. The molecule has 0 saturated heterocycles. The molecule has 1 aromatic carbocycles. The summed E-state index contributed by atoms with van der Waals surface area (Å²) < 4.78 is 11.3. The molecule has 132 valence electrons. The van der Waals surface area contributed by atoms with Gasteiger partial charge in [0.15, 0.2) is 11.6 Å². The third kappa shape index (κ3) is 2.57. The van der Waals surface area contributed by atoms with Crippen molar-refractivity contribution in [3.8, 4) is 11.5 Å². The zero-order valence-corrected chi connectivity index (χ0v) is 14.4. The summed E-state index contributed by atoms with van der Waals surface area (Å²) in [6.07, 6.45) is 1.99. The summed E-state index contributed by atoms with van der Waals surface area (Å²) in [5.41, 5.74) is 2.75. The highest BCUT2D eigenvalue weighted by Gasteiger charge is 2.38. The summed E-state index contributed by atoms with van der Waals surface area (Å²) >= 11 is 0. The number of hydrogen-bond acceptors (Lipinski definition) is 6. The second kappa shape index (κ2) is 6.34. The molecule has 2 aliphatic rings. The van der Waals surface area contributed by atoms with Crippen molar-refractivity contribution in [2.75, 3.05) is 7.11 Å². The number of nitrogens with zero attached hydrogens (tertiary/aromatic N) is 3. The topological polar surface area (TPSA) is 93.4 Å². The molecule has 0 spiro atoms. The first kappa shape index (κ1) is 16.4. The molecule has 4 rings (SSSR count). The number of aromatic nitrogens is 1. The lowest BCUT2D eigenvalue weighted by molar-refractivity contribution is -0.120. The van der Waals surface area contributed by atoms with Crippen molar-refractivity contribution in [3.63, 3.8) is 0 Å².